The molecule has 0 aliphatic carbocycles. The Labute approximate surface area is 106 Å². The highest BCUT2D eigenvalue weighted by Crippen LogP contribution is 2.31. The summed E-state index contributed by atoms with van der Waals surface area (Å²) in [6.07, 6.45) is 2.56. The molecule has 1 atom stereocenters. The molecule has 17 heavy (non-hydrogen) atoms. The van der Waals surface area contributed by atoms with Crippen LogP contribution in [0.1, 0.15) is 18.4 Å². The molecule has 0 aromatic heterocycles. The lowest BCUT2D eigenvalue weighted by molar-refractivity contribution is 0.201. The number of hydrogen-bond acceptors (Lipinski definition) is 4. The fraction of sp³-hybridized carbons (Fsp3) is 0.538. The van der Waals surface area contributed by atoms with Gasteiger partial charge in [-0.1, -0.05) is 6.07 Å². The summed E-state index contributed by atoms with van der Waals surface area (Å²) < 4.78 is 11.2. The van der Waals surface area contributed by atoms with Crippen molar-refractivity contribution >= 4 is 11.8 Å². The van der Waals surface area contributed by atoms with Crippen LogP contribution >= 0.6 is 11.8 Å². The van der Waals surface area contributed by atoms with Gasteiger partial charge in [0.2, 0.25) is 0 Å². The molecular weight excluding hydrogens is 236 g/mol. The molecule has 0 spiro atoms. The summed E-state index contributed by atoms with van der Waals surface area (Å²) in [5.74, 6) is 3.74. The third-order valence-electron chi connectivity index (χ3n) is 2.82. The molecule has 94 valence electrons. The fourth-order valence-electron chi connectivity index (χ4n) is 1.90. The Morgan fingerprint density at radius 1 is 1.41 bits per heavy atom. The molecule has 3 nitrogen and oxygen atoms in total. The number of ether oxygens (including phenoxy) is 2. The molecule has 0 radical (unpaired) electrons. The molecule has 1 heterocycles. The first-order chi connectivity index (χ1) is 8.33. The van der Waals surface area contributed by atoms with Crippen molar-refractivity contribution in [1.82, 2.24) is 0 Å². The molecule has 0 amide bonds. The van der Waals surface area contributed by atoms with Crippen molar-refractivity contribution < 1.29 is 14.6 Å². The highest BCUT2D eigenvalue weighted by molar-refractivity contribution is 7.99. The van der Waals surface area contributed by atoms with Crippen LogP contribution < -0.4 is 9.47 Å². The highest BCUT2D eigenvalue weighted by atomic mass is 32.2. The van der Waals surface area contributed by atoms with Crippen LogP contribution in [0, 0.1) is 0 Å². The molecule has 0 bridgehead atoms. The van der Waals surface area contributed by atoms with Crippen LogP contribution in [0.3, 0.4) is 0 Å². The van der Waals surface area contributed by atoms with E-state index in [0.717, 1.165) is 29.2 Å². The topological polar surface area (TPSA) is 38.7 Å². The van der Waals surface area contributed by atoms with E-state index in [-0.39, 0.29) is 12.7 Å². The zero-order chi connectivity index (χ0) is 12.1. The van der Waals surface area contributed by atoms with Crippen molar-refractivity contribution in [3.05, 3.63) is 23.8 Å². The van der Waals surface area contributed by atoms with Crippen LogP contribution in [0.15, 0.2) is 18.2 Å². The number of aliphatic hydroxyl groups excluding tert-OH is 1. The second-order valence-corrected chi connectivity index (χ2v) is 5.25. The molecule has 2 rings (SSSR count). The number of thioether (sulfide) groups is 1. The zero-order valence-electron chi connectivity index (χ0n) is 10.0. The average molecular weight is 254 g/mol. The Morgan fingerprint density at radius 3 is 2.94 bits per heavy atom. The normalized spacial score (nSPS) is 20.0. The van der Waals surface area contributed by atoms with Gasteiger partial charge in [-0.15, -0.1) is 0 Å². The van der Waals surface area contributed by atoms with Gasteiger partial charge in [0, 0.05) is 5.75 Å². The minimum absolute atomic E-state index is 0.0276. The van der Waals surface area contributed by atoms with E-state index in [4.69, 9.17) is 14.6 Å². The summed E-state index contributed by atoms with van der Waals surface area (Å²) in [7, 11) is 1.64. The lowest BCUT2D eigenvalue weighted by atomic mass is 10.2. The van der Waals surface area contributed by atoms with E-state index >= 15 is 0 Å². The quantitative estimate of drug-likeness (QED) is 0.896. The van der Waals surface area contributed by atoms with Gasteiger partial charge in [0.1, 0.15) is 6.10 Å². The van der Waals surface area contributed by atoms with E-state index in [1.807, 2.05) is 30.0 Å². The zero-order valence-corrected chi connectivity index (χ0v) is 10.8. The van der Waals surface area contributed by atoms with E-state index in [2.05, 4.69) is 0 Å². The van der Waals surface area contributed by atoms with Gasteiger partial charge in [0.05, 0.1) is 13.7 Å². The molecular formula is C13H18O3S. The Hall–Kier alpha value is -0.870. The van der Waals surface area contributed by atoms with Gasteiger partial charge in [-0.2, -0.15) is 11.8 Å². The molecule has 1 fully saturated rings. The molecule has 1 saturated heterocycles. The van der Waals surface area contributed by atoms with E-state index < -0.39 is 0 Å². The summed E-state index contributed by atoms with van der Waals surface area (Å²) in [4.78, 5) is 0. The van der Waals surface area contributed by atoms with Crippen LogP contribution in [-0.4, -0.2) is 29.8 Å². The predicted octanol–water partition coefficient (Wildman–Crippen LogP) is 2.46. The summed E-state index contributed by atoms with van der Waals surface area (Å²) in [6.45, 7) is 0.0276. The lowest BCUT2D eigenvalue weighted by Crippen LogP contribution is -2.23. The van der Waals surface area contributed by atoms with Gasteiger partial charge < -0.3 is 14.6 Å². The van der Waals surface area contributed by atoms with Crippen molar-refractivity contribution in [2.24, 2.45) is 0 Å². The predicted molar refractivity (Wildman–Crippen MR) is 69.9 cm³/mol. The van der Waals surface area contributed by atoms with Crippen molar-refractivity contribution in [1.29, 1.82) is 0 Å². The largest absolute Gasteiger partial charge is 0.493 e. The second kappa shape index (κ2) is 6.17. The average Bonchev–Trinajstić information content (AvgIpc) is 2.40. The van der Waals surface area contributed by atoms with Crippen LogP contribution in [0.5, 0.6) is 11.5 Å². The smallest absolute Gasteiger partial charge is 0.161 e. The number of rotatable bonds is 4. The number of benzene rings is 1. The van der Waals surface area contributed by atoms with Crippen LogP contribution in [0.25, 0.3) is 0 Å². The van der Waals surface area contributed by atoms with Crippen LogP contribution in [-0.2, 0) is 6.61 Å². The highest BCUT2D eigenvalue weighted by Gasteiger charge is 2.17. The third-order valence-corrected chi connectivity index (χ3v) is 4.01. The van der Waals surface area contributed by atoms with Crippen LogP contribution in [0.4, 0.5) is 0 Å². The summed E-state index contributed by atoms with van der Waals surface area (Å²) >= 11 is 1.93. The van der Waals surface area contributed by atoms with E-state index in [0.29, 0.717) is 0 Å². The van der Waals surface area contributed by atoms with Gasteiger partial charge in [0.15, 0.2) is 11.5 Å². The molecule has 1 unspecified atom stereocenters. The van der Waals surface area contributed by atoms with Crippen molar-refractivity contribution in [3.63, 3.8) is 0 Å². The Bertz CT molecular complexity index is 362. The fourth-order valence-corrected chi connectivity index (χ4v) is 2.93. The van der Waals surface area contributed by atoms with E-state index in [1.165, 1.54) is 12.2 Å². The molecule has 4 heteroatoms. The van der Waals surface area contributed by atoms with Crippen LogP contribution in [0.2, 0.25) is 0 Å². The number of hydrogen-bond donors (Lipinski definition) is 1. The number of methoxy groups -OCH3 is 1. The molecule has 1 aromatic carbocycles. The van der Waals surface area contributed by atoms with Gasteiger partial charge in [0.25, 0.3) is 0 Å². The maximum atomic E-state index is 9.13. The van der Waals surface area contributed by atoms with Gasteiger partial charge in [-0.3, -0.25) is 0 Å². The van der Waals surface area contributed by atoms with Crippen molar-refractivity contribution in [2.75, 3.05) is 18.6 Å². The van der Waals surface area contributed by atoms with Crippen molar-refractivity contribution in [2.45, 2.75) is 25.6 Å². The summed E-state index contributed by atoms with van der Waals surface area (Å²) in [5, 5.41) is 9.13. The van der Waals surface area contributed by atoms with Crippen molar-refractivity contribution in [3.8, 4) is 11.5 Å². The molecule has 1 aliphatic heterocycles. The maximum Gasteiger partial charge on any atom is 0.161 e. The summed E-state index contributed by atoms with van der Waals surface area (Å²) in [5.41, 5.74) is 0.851. The molecule has 1 aromatic rings. The SMILES string of the molecule is COc1ccc(CO)cc1OC1CCCSC1. The van der Waals surface area contributed by atoms with Gasteiger partial charge >= 0.3 is 0 Å². The first-order valence-electron chi connectivity index (χ1n) is 5.85. The Kier molecular flexibility index (Phi) is 4.57. The molecule has 1 aliphatic rings. The van der Waals surface area contributed by atoms with E-state index in [1.54, 1.807) is 7.11 Å². The molecule has 1 N–H and O–H groups in total. The Balaban J connectivity index is 2.11. The monoisotopic (exact) mass is 254 g/mol. The molecule has 0 saturated carbocycles. The second-order valence-electron chi connectivity index (χ2n) is 4.10. The standard InChI is InChI=1S/C13H18O3S/c1-15-12-5-4-10(8-14)7-13(12)16-11-3-2-6-17-9-11/h4-5,7,11,14H,2-3,6,8-9H2,1H3. The summed E-state index contributed by atoms with van der Waals surface area (Å²) in [6, 6.07) is 5.55. The third kappa shape index (κ3) is 3.30. The minimum atomic E-state index is 0.0276. The van der Waals surface area contributed by atoms with E-state index in [9.17, 15) is 0 Å². The minimum Gasteiger partial charge on any atom is -0.493 e. The first kappa shape index (κ1) is 12.6. The lowest BCUT2D eigenvalue weighted by Gasteiger charge is -2.23. The number of aliphatic hydroxyl groups is 1. The maximum absolute atomic E-state index is 9.13. The first-order valence-corrected chi connectivity index (χ1v) is 7.01. The van der Waals surface area contributed by atoms with Gasteiger partial charge in [-0.05, 0) is 36.3 Å². The Morgan fingerprint density at radius 2 is 2.29 bits per heavy atom. The van der Waals surface area contributed by atoms with Gasteiger partial charge in [-0.25, -0.2) is 0 Å².